The van der Waals surface area contributed by atoms with Crippen LogP contribution in [0.15, 0.2) is 41.9 Å². The van der Waals surface area contributed by atoms with Gasteiger partial charge in [0.2, 0.25) is 0 Å². The number of aryl methyl sites for hydroxylation is 1. The highest BCUT2D eigenvalue weighted by molar-refractivity contribution is 7.53. The van der Waals surface area contributed by atoms with E-state index in [0.29, 0.717) is 63.3 Å². The number of hydrogen-bond donors (Lipinski definition) is 2. The standard InChI is InChI=1S/C25H29ClN5O4PS/c1-4-12-36(33,34)35-19-9-7-17(8-10-19)22-21(26)13-20-23(29-25(32)18-14-27-37-15-18)30-31(24(20)28-22)11-5-6-16(2)3/h7-10,13-16H,4-6,11-12H2,1-3H3,(H,33,34)(H,29,30,32). The van der Waals surface area contributed by atoms with Gasteiger partial charge in [0, 0.05) is 17.5 Å². The molecule has 0 aliphatic carbocycles. The zero-order chi connectivity index (χ0) is 26.6. The third kappa shape index (κ3) is 6.76. The summed E-state index contributed by atoms with van der Waals surface area (Å²) in [5, 5.41) is 10.2. The molecule has 9 nitrogen and oxygen atoms in total. The van der Waals surface area contributed by atoms with Gasteiger partial charge in [0.05, 0.1) is 34.0 Å². The van der Waals surface area contributed by atoms with Crippen molar-refractivity contribution in [2.75, 3.05) is 11.5 Å². The number of hydrogen-bond acceptors (Lipinski definition) is 7. The van der Waals surface area contributed by atoms with Crippen LogP contribution in [-0.2, 0) is 11.1 Å². The fraction of sp³-hybridized carbons (Fsp3) is 0.360. The summed E-state index contributed by atoms with van der Waals surface area (Å²) in [6, 6.07) is 8.48. The number of rotatable bonds is 11. The maximum absolute atomic E-state index is 12.7. The second-order valence-electron chi connectivity index (χ2n) is 9.14. The van der Waals surface area contributed by atoms with Crippen LogP contribution in [0, 0.1) is 5.92 Å². The number of pyridine rings is 1. The maximum Gasteiger partial charge on any atom is 0.376 e. The SMILES string of the molecule is CCCP(=O)(O)Oc1ccc(-c2nc3c(cc2Cl)c(NC(=O)c2cnsc2)nn3CCCC(C)C)cc1. The molecule has 1 unspecified atom stereocenters. The average Bonchev–Trinajstić information content (AvgIpc) is 3.48. The second-order valence-corrected chi connectivity index (χ2v) is 12.1. The Hall–Kier alpha value is -2.78. The number of aromatic nitrogens is 4. The zero-order valence-electron chi connectivity index (χ0n) is 20.8. The summed E-state index contributed by atoms with van der Waals surface area (Å²) in [5.74, 6) is 0.932. The lowest BCUT2D eigenvalue weighted by Gasteiger charge is -2.13. The molecule has 1 amide bonds. The third-order valence-corrected chi connectivity index (χ3v) is 8.02. The number of halogens is 1. The van der Waals surface area contributed by atoms with E-state index < -0.39 is 7.60 Å². The first kappa shape index (κ1) is 27.3. The van der Waals surface area contributed by atoms with Crippen LogP contribution in [0.3, 0.4) is 0 Å². The molecule has 1 aromatic carbocycles. The van der Waals surface area contributed by atoms with Gasteiger partial charge in [-0.25, -0.2) is 18.6 Å². The molecule has 0 spiro atoms. The van der Waals surface area contributed by atoms with Crippen molar-refractivity contribution in [3.63, 3.8) is 0 Å². The molecule has 0 aliphatic heterocycles. The molecule has 0 aliphatic rings. The summed E-state index contributed by atoms with van der Waals surface area (Å²) < 4.78 is 23.2. The van der Waals surface area contributed by atoms with Crippen molar-refractivity contribution in [3.8, 4) is 17.0 Å². The quantitative estimate of drug-likeness (QED) is 0.192. The van der Waals surface area contributed by atoms with Gasteiger partial charge in [-0.2, -0.15) is 5.10 Å². The van der Waals surface area contributed by atoms with Crippen LogP contribution in [0.1, 0.15) is 50.4 Å². The van der Waals surface area contributed by atoms with Gasteiger partial charge in [0.15, 0.2) is 11.5 Å². The lowest BCUT2D eigenvalue weighted by Crippen LogP contribution is -2.12. The summed E-state index contributed by atoms with van der Waals surface area (Å²) in [4.78, 5) is 27.4. The highest BCUT2D eigenvalue weighted by Gasteiger charge is 2.21. The predicted molar refractivity (Wildman–Crippen MR) is 148 cm³/mol. The van der Waals surface area contributed by atoms with E-state index in [2.05, 4.69) is 28.6 Å². The lowest BCUT2D eigenvalue weighted by molar-refractivity contribution is 0.102. The molecule has 3 heterocycles. The molecule has 4 rings (SSSR count). The number of nitrogens with zero attached hydrogens (tertiary/aromatic N) is 4. The van der Waals surface area contributed by atoms with E-state index in [4.69, 9.17) is 21.1 Å². The van der Waals surface area contributed by atoms with Crippen LogP contribution >= 0.6 is 30.7 Å². The largest absolute Gasteiger partial charge is 0.424 e. The summed E-state index contributed by atoms with van der Waals surface area (Å²) in [6.45, 7) is 6.80. The average molecular weight is 562 g/mol. The molecule has 37 heavy (non-hydrogen) atoms. The van der Waals surface area contributed by atoms with Gasteiger partial charge < -0.3 is 14.7 Å². The van der Waals surface area contributed by atoms with E-state index in [1.54, 1.807) is 40.4 Å². The van der Waals surface area contributed by atoms with E-state index in [9.17, 15) is 14.3 Å². The first-order chi connectivity index (χ1) is 17.7. The van der Waals surface area contributed by atoms with E-state index in [0.717, 1.165) is 12.8 Å². The van der Waals surface area contributed by atoms with Crippen molar-refractivity contribution in [1.82, 2.24) is 19.1 Å². The topological polar surface area (TPSA) is 119 Å². The van der Waals surface area contributed by atoms with Gasteiger partial charge in [-0.3, -0.25) is 4.79 Å². The van der Waals surface area contributed by atoms with Gasteiger partial charge >= 0.3 is 7.60 Å². The smallest absolute Gasteiger partial charge is 0.376 e. The normalized spacial score (nSPS) is 13.1. The Morgan fingerprint density at radius 1 is 1.30 bits per heavy atom. The monoisotopic (exact) mass is 561 g/mol. The van der Waals surface area contributed by atoms with Crippen molar-refractivity contribution >= 4 is 53.5 Å². The summed E-state index contributed by atoms with van der Waals surface area (Å²) in [7, 11) is -3.69. The molecule has 0 radical (unpaired) electrons. The molecule has 2 N–H and O–H groups in total. The van der Waals surface area contributed by atoms with Crippen LogP contribution in [-0.4, -0.2) is 36.1 Å². The Morgan fingerprint density at radius 2 is 2.05 bits per heavy atom. The number of amides is 1. The highest BCUT2D eigenvalue weighted by Crippen LogP contribution is 2.43. The van der Waals surface area contributed by atoms with Gasteiger partial charge in [0.1, 0.15) is 5.75 Å². The van der Waals surface area contributed by atoms with Crippen LogP contribution < -0.4 is 9.84 Å². The van der Waals surface area contributed by atoms with Crippen molar-refractivity contribution in [3.05, 3.63) is 52.5 Å². The molecule has 12 heteroatoms. The predicted octanol–water partition coefficient (Wildman–Crippen LogP) is 6.87. The molecule has 0 fully saturated rings. The number of anilines is 1. The molecule has 196 valence electrons. The van der Waals surface area contributed by atoms with E-state index in [-0.39, 0.29) is 12.1 Å². The molecule has 0 saturated carbocycles. The van der Waals surface area contributed by atoms with Crippen molar-refractivity contribution in [2.45, 2.75) is 46.6 Å². The maximum atomic E-state index is 12.7. The van der Waals surface area contributed by atoms with Crippen LogP contribution in [0.5, 0.6) is 5.75 Å². The first-order valence-corrected chi connectivity index (χ1v) is 15.0. The van der Waals surface area contributed by atoms with Gasteiger partial charge in [-0.15, -0.1) is 0 Å². The lowest BCUT2D eigenvalue weighted by atomic mass is 10.1. The summed E-state index contributed by atoms with van der Waals surface area (Å²) in [5.41, 5.74) is 2.31. The van der Waals surface area contributed by atoms with Crippen molar-refractivity contribution < 1.29 is 18.8 Å². The third-order valence-electron chi connectivity index (χ3n) is 5.64. The molecule has 0 bridgehead atoms. The van der Waals surface area contributed by atoms with Crippen LogP contribution in [0.2, 0.25) is 5.02 Å². The minimum absolute atomic E-state index is 0.0847. The van der Waals surface area contributed by atoms with Gasteiger partial charge in [-0.1, -0.05) is 32.4 Å². The number of carbonyl (C=O) groups is 1. The molecule has 3 aromatic heterocycles. The van der Waals surface area contributed by atoms with E-state index in [1.165, 1.54) is 17.7 Å². The van der Waals surface area contributed by atoms with Crippen LogP contribution in [0.4, 0.5) is 5.82 Å². The molecule has 4 aromatic rings. The first-order valence-electron chi connectivity index (χ1n) is 12.1. The van der Waals surface area contributed by atoms with E-state index >= 15 is 0 Å². The highest BCUT2D eigenvalue weighted by atomic mass is 35.5. The van der Waals surface area contributed by atoms with Gasteiger partial charge in [0.25, 0.3) is 5.91 Å². The Balaban J connectivity index is 1.68. The zero-order valence-corrected chi connectivity index (χ0v) is 23.3. The Kier molecular flexibility index (Phi) is 8.64. The second kappa shape index (κ2) is 11.7. The summed E-state index contributed by atoms with van der Waals surface area (Å²) in [6.07, 6.45) is 4.07. The molecular formula is C25H29ClN5O4PS. The van der Waals surface area contributed by atoms with Crippen LogP contribution in [0.25, 0.3) is 22.3 Å². The summed E-state index contributed by atoms with van der Waals surface area (Å²) >= 11 is 7.85. The molecule has 1 atom stereocenters. The Morgan fingerprint density at radius 3 is 2.70 bits per heavy atom. The van der Waals surface area contributed by atoms with Gasteiger partial charge in [-0.05, 0) is 67.0 Å². The van der Waals surface area contributed by atoms with E-state index in [1.807, 2.05) is 6.92 Å². The number of benzene rings is 1. The number of carbonyl (C=O) groups excluding carboxylic acids is 1. The fourth-order valence-corrected chi connectivity index (χ4v) is 5.72. The van der Waals surface area contributed by atoms with Crippen molar-refractivity contribution in [2.24, 2.45) is 5.92 Å². The number of fused-ring (bicyclic) bond motifs is 1. The Bertz CT molecular complexity index is 1420. The Labute approximate surface area is 224 Å². The molecular weight excluding hydrogens is 533 g/mol. The minimum atomic E-state index is -3.69. The number of nitrogens with one attached hydrogen (secondary N) is 1. The molecule has 0 saturated heterocycles. The fourth-order valence-electron chi connectivity index (χ4n) is 3.84. The van der Waals surface area contributed by atoms with Crippen molar-refractivity contribution in [1.29, 1.82) is 0 Å². The minimum Gasteiger partial charge on any atom is -0.424 e.